The molecule has 0 amide bonds. The molecule has 0 unspecified atom stereocenters. The normalized spacial score (nSPS) is 12.1. The minimum absolute atomic E-state index is 0.210. The van der Waals surface area contributed by atoms with Gasteiger partial charge in [0.1, 0.15) is 16.6 Å². The van der Waals surface area contributed by atoms with E-state index in [9.17, 15) is 13.7 Å². The summed E-state index contributed by atoms with van der Waals surface area (Å²) in [6.07, 6.45) is 1.56. The van der Waals surface area contributed by atoms with Gasteiger partial charge in [-0.1, -0.05) is 13.8 Å². The van der Waals surface area contributed by atoms with Crippen molar-refractivity contribution in [1.29, 1.82) is 5.26 Å². The molecule has 7 nitrogen and oxygen atoms in total. The Morgan fingerprint density at radius 1 is 1.32 bits per heavy atom. The van der Waals surface area contributed by atoms with Gasteiger partial charge in [0.05, 0.1) is 16.3 Å². The van der Waals surface area contributed by atoms with Crippen LogP contribution >= 0.6 is 11.3 Å². The van der Waals surface area contributed by atoms with Gasteiger partial charge < -0.3 is 10.2 Å². The summed E-state index contributed by atoms with van der Waals surface area (Å²) >= 11 is 1.39. The molecule has 28 heavy (non-hydrogen) atoms. The first-order valence-electron chi connectivity index (χ1n) is 8.85. The van der Waals surface area contributed by atoms with Crippen molar-refractivity contribution in [1.82, 2.24) is 9.29 Å². The van der Waals surface area contributed by atoms with Crippen molar-refractivity contribution in [2.75, 3.05) is 37.4 Å². The largest absolute Gasteiger partial charge is 0.376 e. The summed E-state index contributed by atoms with van der Waals surface area (Å²) in [6, 6.07) is 7.10. The van der Waals surface area contributed by atoms with Gasteiger partial charge in [0.15, 0.2) is 0 Å². The molecule has 0 saturated heterocycles. The van der Waals surface area contributed by atoms with Crippen LogP contribution in [0, 0.1) is 18.3 Å². The molecule has 2 aromatic rings. The van der Waals surface area contributed by atoms with Crippen LogP contribution in [0.3, 0.4) is 0 Å². The van der Waals surface area contributed by atoms with E-state index in [0.717, 1.165) is 11.4 Å². The molecule has 9 heteroatoms. The van der Waals surface area contributed by atoms with Crippen LogP contribution in [0.1, 0.15) is 24.5 Å². The van der Waals surface area contributed by atoms with E-state index in [0.29, 0.717) is 29.4 Å². The number of nitrogens with one attached hydrogen (secondary N) is 1. The van der Waals surface area contributed by atoms with Crippen LogP contribution < -0.4 is 10.2 Å². The number of nitriles is 1. The number of nitrogens with zero attached hydrogens (tertiary/aromatic N) is 4. The summed E-state index contributed by atoms with van der Waals surface area (Å²) in [7, 11) is 0.166. The Bertz CT molecular complexity index is 1000. The van der Waals surface area contributed by atoms with Crippen molar-refractivity contribution in [2.45, 2.75) is 25.7 Å². The van der Waals surface area contributed by atoms with Gasteiger partial charge in [-0.05, 0) is 25.1 Å². The zero-order valence-corrected chi connectivity index (χ0v) is 18.4. The lowest BCUT2D eigenvalue weighted by atomic mass is 10.2. The number of anilines is 2. The van der Waals surface area contributed by atoms with E-state index in [4.69, 9.17) is 0 Å². The van der Waals surface area contributed by atoms with Crippen LogP contribution in [0.2, 0.25) is 0 Å². The molecule has 2 rings (SSSR count). The highest BCUT2D eigenvalue weighted by atomic mass is 32.2. The lowest BCUT2D eigenvalue weighted by Crippen LogP contribution is -2.30. The first-order chi connectivity index (χ1) is 13.2. The first kappa shape index (κ1) is 21.9. The molecule has 0 aliphatic carbocycles. The molecule has 1 aromatic heterocycles. The standard InChI is InChI=1S/C19H25N5O2S2/c1-6-24(7-2)28(25,26)16-8-9-18(23(4)5)17(10-16)21-12-15(11-20)19-22-14(3)13-27-19/h8-10,12-13,21H,6-7H2,1-5H3/b15-12+. The average molecular weight is 420 g/mol. The molecule has 0 atom stereocenters. The van der Waals surface area contributed by atoms with Crippen LogP contribution in [-0.2, 0) is 10.0 Å². The van der Waals surface area contributed by atoms with Gasteiger partial charge in [-0.2, -0.15) is 9.57 Å². The molecule has 150 valence electrons. The number of rotatable bonds is 8. The average Bonchev–Trinajstić information content (AvgIpc) is 3.09. The molecule has 0 fully saturated rings. The third-order valence-electron chi connectivity index (χ3n) is 4.13. The Morgan fingerprint density at radius 3 is 2.50 bits per heavy atom. The molecule has 0 aliphatic rings. The van der Waals surface area contributed by atoms with Gasteiger partial charge in [-0.25, -0.2) is 13.4 Å². The number of thiazole rings is 1. The highest BCUT2D eigenvalue weighted by Gasteiger charge is 2.23. The van der Waals surface area contributed by atoms with Crippen molar-refractivity contribution < 1.29 is 8.42 Å². The number of aryl methyl sites for hydroxylation is 1. The summed E-state index contributed by atoms with van der Waals surface area (Å²) in [6.45, 7) is 6.30. The maximum absolute atomic E-state index is 12.9. The predicted octanol–water partition coefficient (Wildman–Crippen LogP) is 3.52. The van der Waals surface area contributed by atoms with Gasteiger partial charge in [0, 0.05) is 44.5 Å². The van der Waals surface area contributed by atoms with E-state index < -0.39 is 10.0 Å². The summed E-state index contributed by atoms with van der Waals surface area (Å²) in [5.41, 5.74) is 2.64. The van der Waals surface area contributed by atoms with Gasteiger partial charge in [-0.3, -0.25) is 0 Å². The zero-order chi connectivity index (χ0) is 20.9. The number of benzene rings is 1. The topological polar surface area (TPSA) is 89.3 Å². The van der Waals surface area contributed by atoms with Crippen molar-refractivity contribution in [3.8, 4) is 6.07 Å². The first-order valence-corrected chi connectivity index (χ1v) is 11.2. The number of aromatic nitrogens is 1. The van der Waals surface area contributed by atoms with Crippen LogP contribution in [0.15, 0.2) is 34.7 Å². The van der Waals surface area contributed by atoms with Gasteiger partial charge in [0.25, 0.3) is 0 Å². The van der Waals surface area contributed by atoms with Crippen LogP contribution in [0.25, 0.3) is 5.57 Å². The van der Waals surface area contributed by atoms with Crippen LogP contribution in [-0.4, -0.2) is 44.9 Å². The van der Waals surface area contributed by atoms with E-state index in [1.54, 1.807) is 24.4 Å². The summed E-state index contributed by atoms with van der Waals surface area (Å²) < 4.78 is 27.1. The van der Waals surface area contributed by atoms with E-state index in [-0.39, 0.29) is 4.90 Å². The van der Waals surface area contributed by atoms with Gasteiger partial charge in [0.2, 0.25) is 10.0 Å². The molecule has 1 heterocycles. The number of sulfonamides is 1. The minimum atomic E-state index is -3.58. The van der Waals surface area contributed by atoms with Crippen molar-refractivity contribution >= 4 is 38.3 Å². The molecule has 0 aliphatic heterocycles. The quantitative estimate of drug-likeness (QED) is 0.659. The molecule has 0 bridgehead atoms. The second-order valence-electron chi connectivity index (χ2n) is 6.27. The Balaban J connectivity index is 2.47. The Labute approximate surface area is 171 Å². The van der Waals surface area contributed by atoms with Gasteiger partial charge >= 0.3 is 0 Å². The van der Waals surface area contributed by atoms with E-state index in [1.165, 1.54) is 15.6 Å². The summed E-state index contributed by atoms with van der Waals surface area (Å²) in [5, 5.41) is 15.1. The monoisotopic (exact) mass is 419 g/mol. The zero-order valence-electron chi connectivity index (χ0n) is 16.7. The number of allylic oxidation sites excluding steroid dienone is 1. The molecule has 0 saturated carbocycles. The fraction of sp³-hybridized carbons (Fsp3) is 0.368. The fourth-order valence-corrected chi connectivity index (χ4v) is 4.91. The number of hydrogen-bond donors (Lipinski definition) is 1. The Kier molecular flexibility index (Phi) is 7.18. The van der Waals surface area contributed by atoms with E-state index >= 15 is 0 Å². The van der Waals surface area contributed by atoms with Crippen molar-refractivity contribution in [3.63, 3.8) is 0 Å². The lowest BCUT2D eigenvalue weighted by molar-refractivity contribution is 0.445. The highest BCUT2D eigenvalue weighted by Crippen LogP contribution is 2.30. The Morgan fingerprint density at radius 2 is 2.00 bits per heavy atom. The minimum Gasteiger partial charge on any atom is -0.376 e. The molecule has 1 aromatic carbocycles. The van der Waals surface area contributed by atoms with Crippen molar-refractivity contribution in [3.05, 3.63) is 40.5 Å². The van der Waals surface area contributed by atoms with Crippen LogP contribution in [0.5, 0.6) is 0 Å². The third kappa shape index (κ3) is 4.70. The molecule has 0 radical (unpaired) electrons. The molecule has 1 N–H and O–H groups in total. The predicted molar refractivity (Wildman–Crippen MR) is 115 cm³/mol. The fourth-order valence-electron chi connectivity index (χ4n) is 2.66. The summed E-state index contributed by atoms with van der Waals surface area (Å²) in [4.78, 5) is 6.42. The molecule has 0 spiro atoms. The van der Waals surface area contributed by atoms with E-state index in [2.05, 4.69) is 16.4 Å². The SMILES string of the molecule is CCN(CC)S(=O)(=O)c1ccc(N(C)C)c(N/C=C(\C#N)c2nc(C)cs2)c1. The second kappa shape index (κ2) is 9.19. The molecular formula is C19H25N5O2S2. The molecular weight excluding hydrogens is 394 g/mol. The Hall–Kier alpha value is -2.41. The second-order valence-corrected chi connectivity index (χ2v) is 9.07. The highest BCUT2D eigenvalue weighted by molar-refractivity contribution is 7.89. The van der Waals surface area contributed by atoms with E-state index in [1.807, 2.05) is 45.1 Å². The number of hydrogen-bond acceptors (Lipinski definition) is 7. The van der Waals surface area contributed by atoms with Crippen LogP contribution in [0.4, 0.5) is 11.4 Å². The maximum Gasteiger partial charge on any atom is 0.243 e. The maximum atomic E-state index is 12.9. The van der Waals surface area contributed by atoms with Crippen molar-refractivity contribution in [2.24, 2.45) is 0 Å². The van der Waals surface area contributed by atoms with Gasteiger partial charge in [-0.15, -0.1) is 11.3 Å². The smallest absolute Gasteiger partial charge is 0.243 e. The lowest BCUT2D eigenvalue weighted by Gasteiger charge is -2.22. The third-order valence-corrected chi connectivity index (χ3v) is 7.17. The summed E-state index contributed by atoms with van der Waals surface area (Å²) in [5.74, 6) is 0.